The average Bonchev–Trinajstić information content (AvgIpc) is 3.41. The van der Waals surface area contributed by atoms with E-state index in [-0.39, 0.29) is 5.91 Å². The topological polar surface area (TPSA) is 78.3 Å². The van der Waals surface area contributed by atoms with Crippen LogP contribution in [0.25, 0.3) is 16.4 Å². The van der Waals surface area contributed by atoms with Crippen LogP contribution in [0.15, 0.2) is 60.0 Å². The number of anilines is 1. The van der Waals surface area contributed by atoms with Crippen molar-refractivity contribution in [3.63, 3.8) is 0 Å². The van der Waals surface area contributed by atoms with Crippen molar-refractivity contribution in [1.82, 2.24) is 14.8 Å². The Kier molecular flexibility index (Phi) is 5.99. The molecule has 1 N–H and O–H groups in total. The monoisotopic (exact) mass is 434 g/mol. The summed E-state index contributed by atoms with van der Waals surface area (Å²) in [4.78, 5) is 17.4. The number of amides is 1. The van der Waals surface area contributed by atoms with Gasteiger partial charge in [-0.1, -0.05) is 0 Å². The molecule has 31 heavy (non-hydrogen) atoms. The molecule has 2 aromatic heterocycles. The van der Waals surface area contributed by atoms with E-state index in [1.807, 2.05) is 49.6 Å². The zero-order chi connectivity index (χ0) is 21.8. The highest BCUT2D eigenvalue weighted by molar-refractivity contribution is 7.12. The number of hydrogen-bond acceptors (Lipinski definition) is 6. The number of benzene rings is 2. The van der Waals surface area contributed by atoms with Crippen LogP contribution in [0.3, 0.4) is 0 Å². The minimum atomic E-state index is -0.230. The summed E-state index contributed by atoms with van der Waals surface area (Å²) >= 11 is 1.46. The highest BCUT2D eigenvalue weighted by atomic mass is 32.1. The zero-order valence-electron chi connectivity index (χ0n) is 17.5. The fourth-order valence-electron chi connectivity index (χ4n) is 3.05. The predicted octanol–water partition coefficient (Wildman–Crippen LogP) is 4.96. The van der Waals surface area contributed by atoms with Crippen molar-refractivity contribution in [2.75, 3.05) is 19.0 Å². The lowest BCUT2D eigenvalue weighted by molar-refractivity contribution is 0.102. The molecule has 0 aliphatic rings. The van der Waals surface area contributed by atoms with Gasteiger partial charge in [-0.3, -0.25) is 4.79 Å². The lowest BCUT2D eigenvalue weighted by Crippen LogP contribution is -2.15. The van der Waals surface area contributed by atoms with Gasteiger partial charge < -0.3 is 14.8 Å². The second-order valence-electron chi connectivity index (χ2n) is 6.74. The Balaban J connectivity index is 1.56. The molecule has 4 aromatic rings. The molecule has 0 aliphatic heterocycles. The number of thiazole rings is 1. The first-order valence-electron chi connectivity index (χ1n) is 9.78. The number of nitrogens with zero attached hydrogens (tertiary/aromatic N) is 3. The van der Waals surface area contributed by atoms with E-state index >= 15 is 0 Å². The third-order valence-corrected chi connectivity index (χ3v) is 5.38. The summed E-state index contributed by atoms with van der Waals surface area (Å²) in [5.74, 6) is 1.85. The van der Waals surface area contributed by atoms with Gasteiger partial charge in [0.15, 0.2) is 0 Å². The second kappa shape index (κ2) is 9.01. The van der Waals surface area contributed by atoms with E-state index < -0.39 is 0 Å². The molecule has 158 valence electrons. The van der Waals surface area contributed by atoms with Crippen molar-refractivity contribution in [3.05, 3.63) is 71.2 Å². The predicted molar refractivity (Wildman–Crippen MR) is 122 cm³/mol. The molecule has 0 fully saturated rings. The highest BCUT2D eigenvalue weighted by Crippen LogP contribution is 2.28. The fourth-order valence-corrected chi connectivity index (χ4v) is 3.84. The number of methoxy groups -OCH3 is 1. The average molecular weight is 435 g/mol. The molecular formula is C23H22N4O3S. The van der Waals surface area contributed by atoms with Crippen LogP contribution in [0, 0.1) is 6.92 Å². The molecule has 7 nitrogen and oxygen atoms in total. The van der Waals surface area contributed by atoms with E-state index in [2.05, 4.69) is 10.4 Å². The van der Waals surface area contributed by atoms with Gasteiger partial charge in [0, 0.05) is 22.6 Å². The van der Waals surface area contributed by atoms with Gasteiger partial charge in [0.2, 0.25) is 5.13 Å². The van der Waals surface area contributed by atoms with Crippen LogP contribution < -0.4 is 14.8 Å². The van der Waals surface area contributed by atoms with E-state index in [0.29, 0.717) is 28.9 Å². The molecule has 0 saturated heterocycles. The minimum absolute atomic E-state index is 0.230. The van der Waals surface area contributed by atoms with Gasteiger partial charge in [-0.05, 0) is 62.4 Å². The molecule has 0 saturated carbocycles. The molecule has 2 heterocycles. The molecule has 0 aliphatic carbocycles. The molecule has 0 bridgehead atoms. The summed E-state index contributed by atoms with van der Waals surface area (Å²) in [6.45, 7) is 4.46. The van der Waals surface area contributed by atoms with Gasteiger partial charge in [0.05, 0.1) is 25.1 Å². The van der Waals surface area contributed by atoms with Gasteiger partial charge in [-0.2, -0.15) is 9.78 Å². The van der Waals surface area contributed by atoms with Crippen LogP contribution in [-0.4, -0.2) is 34.4 Å². The van der Waals surface area contributed by atoms with Crippen LogP contribution in [0.4, 0.5) is 5.82 Å². The number of ether oxygens (including phenoxy) is 2. The number of aromatic nitrogens is 3. The fraction of sp³-hybridized carbons (Fsp3) is 0.174. The van der Waals surface area contributed by atoms with Gasteiger partial charge >= 0.3 is 0 Å². The third-order valence-electron chi connectivity index (χ3n) is 4.56. The van der Waals surface area contributed by atoms with E-state index in [9.17, 15) is 4.79 Å². The Morgan fingerprint density at radius 1 is 1.10 bits per heavy atom. The molecule has 0 unspecified atom stereocenters. The molecular weight excluding hydrogens is 412 g/mol. The largest absolute Gasteiger partial charge is 0.497 e. The van der Waals surface area contributed by atoms with Crippen molar-refractivity contribution in [2.45, 2.75) is 13.8 Å². The van der Waals surface area contributed by atoms with E-state index in [1.165, 1.54) is 11.3 Å². The van der Waals surface area contributed by atoms with Crippen LogP contribution in [0.1, 0.15) is 23.0 Å². The van der Waals surface area contributed by atoms with Gasteiger partial charge in [-0.25, -0.2) is 4.98 Å². The summed E-state index contributed by atoms with van der Waals surface area (Å²) in [5, 5.41) is 10.1. The maximum Gasteiger partial charge on any atom is 0.256 e. The normalized spacial score (nSPS) is 10.7. The maximum atomic E-state index is 12.7. The number of carbonyl (C=O) groups excluding carboxylic acids is 1. The quantitative estimate of drug-likeness (QED) is 0.445. The summed E-state index contributed by atoms with van der Waals surface area (Å²) < 4.78 is 12.3. The first kappa shape index (κ1) is 20.6. The van der Waals surface area contributed by atoms with Crippen molar-refractivity contribution >= 4 is 23.1 Å². The zero-order valence-corrected chi connectivity index (χ0v) is 18.3. The van der Waals surface area contributed by atoms with Crippen molar-refractivity contribution in [1.29, 1.82) is 0 Å². The van der Waals surface area contributed by atoms with Crippen LogP contribution in [0.2, 0.25) is 0 Å². The lowest BCUT2D eigenvalue weighted by atomic mass is 10.2. The van der Waals surface area contributed by atoms with Gasteiger partial charge in [0.1, 0.15) is 17.3 Å². The summed E-state index contributed by atoms with van der Waals surface area (Å²) in [6.07, 6.45) is 0. The van der Waals surface area contributed by atoms with Gasteiger partial charge in [-0.15, -0.1) is 11.3 Å². The highest BCUT2D eigenvalue weighted by Gasteiger charge is 2.15. The van der Waals surface area contributed by atoms with E-state index in [4.69, 9.17) is 14.5 Å². The molecule has 0 atom stereocenters. The number of aryl methyl sites for hydroxylation is 1. The maximum absolute atomic E-state index is 12.7. The molecule has 4 rings (SSSR count). The summed E-state index contributed by atoms with van der Waals surface area (Å²) in [5.41, 5.74) is 3.13. The van der Waals surface area contributed by atoms with Crippen molar-refractivity contribution in [2.24, 2.45) is 0 Å². The Bertz CT molecular complexity index is 1180. The molecule has 0 spiro atoms. The van der Waals surface area contributed by atoms with Gasteiger partial charge in [0.25, 0.3) is 5.91 Å². The molecule has 1 amide bonds. The summed E-state index contributed by atoms with van der Waals surface area (Å²) in [6, 6.07) is 16.6. The van der Waals surface area contributed by atoms with Crippen LogP contribution in [0.5, 0.6) is 11.5 Å². The van der Waals surface area contributed by atoms with Crippen molar-refractivity contribution < 1.29 is 14.3 Å². The van der Waals surface area contributed by atoms with E-state index in [1.54, 1.807) is 36.1 Å². The Morgan fingerprint density at radius 3 is 2.48 bits per heavy atom. The van der Waals surface area contributed by atoms with Crippen LogP contribution >= 0.6 is 11.3 Å². The first-order chi connectivity index (χ1) is 15.1. The van der Waals surface area contributed by atoms with Crippen molar-refractivity contribution in [3.8, 4) is 27.9 Å². The number of rotatable bonds is 7. The third kappa shape index (κ3) is 4.59. The summed E-state index contributed by atoms with van der Waals surface area (Å²) in [7, 11) is 1.59. The molecule has 0 radical (unpaired) electrons. The number of hydrogen-bond donors (Lipinski definition) is 1. The smallest absolute Gasteiger partial charge is 0.256 e. The molecule has 8 heteroatoms. The Hall–Kier alpha value is -3.65. The number of nitrogens with one attached hydrogen (secondary N) is 1. The number of carbonyl (C=O) groups is 1. The molecule has 2 aromatic carbocycles. The Morgan fingerprint density at radius 2 is 1.81 bits per heavy atom. The SMILES string of the molecule is CCOc1ccc(-c2csc(-n3nc(C)cc3NC(=O)c3ccc(OC)cc3)n2)cc1. The van der Waals surface area contributed by atoms with Crippen LogP contribution in [-0.2, 0) is 0 Å². The lowest BCUT2D eigenvalue weighted by Gasteiger charge is -2.07. The Labute approximate surface area is 184 Å². The second-order valence-corrected chi connectivity index (χ2v) is 7.57. The minimum Gasteiger partial charge on any atom is -0.497 e. The first-order valence-corrected chi connectivity index (χ1v) is 10.7. The van der Waals surface area contributed by atoms with E-state index in [0.717, 1.165) is 22.7 Å². The standard InChI is InChI=1S/C23H22N4O3S/c1-4-30-19-11-5-16(6-12-19)20-14-31-23(24-20)27-21(13-15(2)26-27)25-22(28)17-7-9-18(29-3)10-8-17/h5-14H,4H2,1-3H3,(H,25,28).